The first-order valence-electron chi connectivity index (χ1n) is 8.80. The zero-order chi connectivity index (χ0) is 20.1. The van der Waals surface area contributed by atoms with E-state index in [1.807, 2.05) is 37.3 Å². The van der Waals surface area contributed by atoms with E-state index in [0.29, 0.717) is 23.1 Å². The molecule has 3 rings (SSSR count). The van der Waals surface area contributed by atoms with Crippen LogP contribution in [0.4, 0.5) is 5.69 Å². The second-order valence-electron chi connectivity index (χ2n) is 6.24. The summed E-state index contributed by atoms with van der Waals surface area (Å²) in [6.07, 6.45) is 0.322. The monoisotopic (exact) mass is 383 g/mol. The molecule has 3 aromatic rings. The number of carbonyl (C=O) groups excluding carboxylic acids is 2. The fraction of sp³-hybridized carbons (Fsp3) is 0.316. The van der Waals surface area contributed by atoms with Crippen molar-refractivity contribution >= 4 is 17.6 Å². The van der Waals surface area contributed by atoms with Gasteiger partial charge in [-0.1, -0.05) is 23.4 Å². The number of anilines is 1. The van der Waals surface area contributed by atoms with E-state index in [1.54, 1.807) is 18.5 Å². The van der Waals surface area contributed by atoms with Crippen LogP contribution in [0.5, 0.6) is 0 Å². The smallest absolute Gasteiger partial charge is 0.306 e. The van der Waals surface area contributed by atoms with Crippen molar-refractivity contribution in [1.82, 2.24) is 19.9 Å². The maximum atomic E-state index is 12.2. The molecule has 0 aliphatic heterocycles. The molecule has 0 spiro atoms. The maximum Gasteiger partial charge on any atom is 0.306 e. The Kier molecular flexibility index (Phi) is 5.83. The second kappa shape index (κ2) is 8.47. The number of esters is 1. The molecule has 146 valence electrons. The molecule has 0 atom stereocenters. The maximum absolute atomic E-state index is 12.2. The quantitative estimate of drug-likeness (QED) is 0.623. The van der Waals surface area contributed by atoms with Crippen LogP contribution in [0.3, 0.4) is 0 Å². The van der Waals surface area contributed by atoms with Gasteiger partial charge >= 0.3 is 5.97 Å². The van der Waals surface area contributed by atoms with Crippen molar-refractivity contribution in [3.8, 4) is 5.69 Å². The lowest BCUT2D eigenvalue weighted by molar-refractivity contribution is -0.147. The van der Waals surface area contributed by atoms with E-state index in [-0.39, 0.29) is 19.4 Å². The molecule has 9 nitrogen and oxygen atoms in total. The minimum Gasteiger partial charge on any atom is -0.456 e. The normalized spacial score (nSPS) is 10.7. The molecule has 1 aromatic carbocycles. The van der Waals surface area contributed by atoms with Crippen LogP contribution < -0.4 is 5.32 Å². The topological polar surface area (TPSA) is 112 Å². The molecule has 0 aliphatic carbocycles. The highest BCUT2D eigenvalue weighted by atomic mass is 16.5. The van der Waals surface area contributed by atoms with Gasteiger partial charge in [0.1, 0.15) is 0 Å². The van der Waals surface area contributed by atoms with Gasteiger partial charge in [0.25, 0.3) is 5.91 Å². The molecular weight excluding hydrogens is 362 g/mol. The summed E-state index contributed by atoms with van der Waals surface area (Å²) in [6.45, 7) is 4.98. The Balaban J connectivity index is 1.53. The molecule has 0 unspecified atom stereocenters. The van der Waals surface area contributed by atoms with Crippen molar-refractivity contribution in [2.24, 2.45) is 0 Å². The van der Waals surface area contributed by atoms with Crippen molar-refractivity contribution < 1.29 is 18.8 Å². The first-order chi connectivity index (χ1) is 13.4. The Morgan fingerprint density at radius 1 is 1.18 bits per heavy atom. The molecule has 0 fully saturated rings. The van der Waals surface area contributed by atoms with E-state index in [4.69, 9.17) is 9.26 Å². The molecular formula is C19H21N5O4. The Bertz CT molecular complexity index is 978. The van der Waals surface area contributed by atoms with Gasteiger partial charge in [-0.3, -0.25) is 9.59 Å². The molecule has 0 bridgehead atoms. The van der Waals surface area contributed by atoms with Crippen molar-refractivity contribution in [3.05, 3.63) is 53.4 Å². The van der Waals surface area contributed by atoms with Gasteiger partial charge in [-0.05, 0) is 32.9 Å². The van der Waals surface area contributed by atoms with Crippen LogP contribution in [0.25, 0.3) is 5.69 Å². The highest BCUT2D eigenvalue weighted by Gasteiger charge is 2.16. The summed E-state index contributed by atoms with van der Waals surface area (Å²) in [7, 11) is 0. The molecule has 0 saturated heterocycles. The number of hydrogen-bond donors (Lipinski definition) is 1. The van der Waals surface area contributed by atoms with Crippen molar-refractivity contribution in [2.45, 2.75) is 33.6 Å². The number of ether oxygens (including phenoxy) is 1. The molecule has 2 aromatic heterocycles. The SMILES string of the molecule is Cc1noc(CCC(=O)OCC(=O)Nc2c(C)nn(-c3ccccc3)c2C)n1. The van der Waals surface area contributed by atoms with Crippen LogP contribution in [0.1, 0.15) is 29.5 Å². The van der Waals surface area contributed by atoms with Gasteiger partial charge in [0, 0.05) is 6.42 Å². The van der Waals surface area contributed by atoms with E-state index >= 15 is 0 Å². The molecule has 9 heteroatoms. The summed E-state index contributed by atoms with van der Waals surface area (Å²) >= 11 is 0. The predicted molar refractivity (Wildman–Crippen MR) is 100.0 cm³/mol. The third kappa shape index (κ3) is 4.61. The number of amides is 1. The summed E-state index contributed by atoms with van der Waals surface area (Å²) in [5.74, 6) is -0.0803. The van der Waals surface area contributed by atoms with Crippen molar-refractivity contribution in [2.75, 3.05) is 11.9 Å². The van der Waals surface area contributed by atoms with Crippen molar-refractivity contribution in [3.63, 3.8) is 0 Å². The van der Waals surface area contributed by atoms with Crippen LogP contribution in [-0.4, -0.2) is 38.4 Å². The number of carbonyl (C=O) groups is 2. The zero-order valence-corrected chi connectivity index (χ0v) is 15.9. The molecule has 0 saturated carbocycles. The Morgan fingerprint density at radius 2 is 1.93 bits per heavy atom. The Labute approximate surface area is 161 Å². The zero-order valence-electron chi connectivity index (χ0n) is 15.9. The third-order valence-corrected chi connectivity index (χ3v) is 4.03. The van der Waals surface area contributed by atoms with E-state index in [2.05, 4.69) is 20.6 Å². The molecule has 1 N–H and O–H groups in total. The summed E-state index contributed by atoms with van der Waals surface area (Å²) in [6, 6.07) is 9.61. The summed E-state index contributed by atoms with van der Waals surface area (Å²) in [5, 5.41) is 10.9. The molecule has 0 aliphatic rings. The van der Waals surface area contributed by atoms with Crippen LogP contribution >= 0.6 is 0 Å². The Hall–Kier alpha value is -3.49. The first kappa shape index (κ1) is 19.3. The number of nitrogens with zero attached hydrogens (tertiary/aromatic N) is 4. The minimum absolute atomic E-state index is 0.0545. The fourth-order valence-corrected chi connectivity index (χ4v) is 2.69. The third-order valence-electron chi connectivity index (χ3n) is 4.03. The van der Waals surface area contributed by atoms with Gasteiger partial charge in [-0.25, -0.2) is 4.68 Å². The van der Waals surface area contributed by atoms with Gasteiger partial charge < -0.3 is 14.6 Å². The summed E-state index contributed by atoms with van der Waals surface area (Å²) < 4.78 is 11.7. The van der Waals surface area contributed by atoms with Crippen LogP contribution in [0, 0.1) is 20.8 Å². The lowest BCUT2D eigenvalue weighted by Crippen LogP contribution is -2.21. The second-order valence-corrected chi connectivity index (χ2v) is 6.24. The van der Waals surface area contributed by atoms with Gasteiger partial charge in [0.05, 0.1) is 29.2 Å². The predicted octanol–water partition coefficient (Wildman–Crippen LogP) is 2.30. The molecule has 1 amide bonds. The number of para-hydroxylation sites is 1. The first-order valence-corrected chi connectivity index (χ1v) is 8.80. The average Bonchev–Trinajstić information content (AvgIpc) is 3.23. The molecule has 0 radical (unpaired) electrons. The average molecular weight is 383 g/mol. The van der Waals surface area contributed by atoms with Crippen LogP contribution in [0.15, 0.2) is 34.9 Å². The van der Waals surface area contributed by atoms with Crippen LogP contribution in [-0.2, 0) is 20.7 Å². The lowest BCUT2D eigenvalue weighted by Gasteiger charge is -2.07. The number of hydrogen-bond acceptors (Lipinski definition) is 7. The number of nitrogens with one attached hydrogen (secondary N) is 1. The van der Waals surface area contributed by atoms with E-state index in [0.717, 1.165) is 11.4 Å². The van der Waals surface area contributed by atoms with Gasteiger partial charge in [0.2, 0.25) is 5.89 Å². The molecule has 28 heavy (non-hydrogen) atoms. The van der Waals surface area contributed by atoms with E-state index in [1.165, 1.54) is 0 Å². The number of aromatic nitrogens is 4. The largest absolute Gasteiger partial charge is 0.456 e. The van der Waals surface area contributed by atoms with Gasteiger partial charge in [-0.2, -0.15) is 10.1 Å². The number of aryl methyl sites for hydroxylation is 3. The number of benzene rings is 1. The van der Waals surface area contributed by atoms with E-state index in [9.17, 15) is 9.59 Å². The van der Waals surface area contributed by atoms with Crippen molar-refractivity contribution in [1.29, 1.82) is 0 Å². The summed E-state index contributed by atoms with van der Waals surface area (Å²) in [4.78, 5) is 28.0. The van der Waals surface area contributed by atoms with Gasteiger partial charge in [0.15, 0.2) is 12.4 Å². The summed E-state index contributed by atoms with van der Waals surface area (Å²) in [5.41, 5.74) is 2.96. The number of rotatable bonds is 7. The fourth-order valence-electron chi connectivity index (χ4n) is 2.69. The lowest BCUT2D eigenvalue weighted by atomic mass is 10.3. The van der Waals surface area contributed by atoms with Gasteiger partial charge in [-0.15, -0.1) is 0 Å². The highest BCUT2D eigenvalue weighted by molar-refractivity contribution is 5.93. The standard InChI is InChI=1S/C19H21N5O4/c1-12-19(13(2)24(22-12)15-7-5-4-6-8-15)21-16(25)11-27-18(26)10-9-17-20-14(3)23-28-17/h4-8H,9-11H2,1-3H3,(H,21,25). The highest BCUT2D eigenvalue weighted by Crippen LogP contribution is 2.22. The van der Waals surface area contributed by atoms with Crippen LogP contribution in [0.2, 0.25) is 0 Å². The van der Waals surface area contributed by atoms with E-state index < -0.39 is 11.9 Å². The molecule has 2 heterocycles. The minimum atomic E-state index is -0.514. The Morgan fingerprint density at radius 3 is 2.61 bits per heavy atom.